The number of nitrogens with zero attached hydrogens (tertiary/aromatic N) is 4. The summed E-state index contributed by atoms with van der Waals surface area (Å²) in [5.41, 5.74) is 0.739. The third-order valence-electron chi connectivity index (χ3n) is 2.35. The van der Waals surface area contributed by atoms with Crippen LogP contribution in [0.2, 0.25) is 0 Å². The molecule has 0 aliphatic rings. The standard InChI is InChI=1S/C11H12FN5O/c1-8-4-9(12)5-15-10(8)11(18)14-2-3-17-7-13-6-16-17/h4-7H,2-3H2,1H3,(H,14,18). The molecule has 0 aromatic carbocycles. The van der Waals surface area contributed by atoms with Gasteiger partial charge >= 0.3 is 0 Å². The van der Waals surface area contributed by atoms with Gasteiger partial charge in [-0.05, 0) is 18.6 Å². The molecule has 2 aromatic heterocycles. The van der Waals surface area contributed by atoms with E-state index in [4.69, 9.17) is 0 Å². The molecule has 0 spiro atoms. The molecular formula is C11H12FN5O. The van der Waals surface area contributed by atoms with Crippen molar-refractivity contribution in [3.05, 3.63) is 42.0 Å². The first-order valence-corrected chi connectivity index (χ1v) is 5.39. The topological polar surface area (TPSA) is 72.7 Å². The Morgan fingerprint density at radius 2 is 2.39 bits per heavy atom. The molecule has 0 bridgehead atoms. The average Bonchev–Trinajstić information content (AvgIpc) is 2.81. The van der Waals surface area contributed by atoms with Gasteiger partial charge in [0.25, 0.3) is 5.91 Å². The predicted molar refractivity (Wildman–Crippen MR) is 61.3 cm³/mol. The number of hydrogen-bond acceptors (Lipinski definition) is 4. The summed E-state index contributed by atoms with van der Waals surface area (Å²) in [5.74, 6) is -0.778. The van der Waals surface area contributed by atoms with E-state index < -0.39 is 5.82 Å². The number of hydrogen-bond donors (Lipinski definition) is 1. The largest absolute Gasteiger partial charge is 0.349 e. The van der Waals surface area contributed by atoms with Crippen LogP contribution < -0.4 is 5.32 Å². The number of amides is 1. The van der Waals surface area contributed by atoms with E-state index in [0.717, 1.165) is 6.20 Å². The Hall–Kier alpha value is -2.31. The molecule has 0 aliphatic carbocycles. The summed E-state index contributed by atoms with van der Waals surface area (Å²) < 4.78 is 14.4. The molecule has 2 rings (SSSR count). The third kappa shape index (κ3) is 2.88. The Balaban J connectivity index is 1.91. The van der Waals surface area contributed by atoms with Gasteiger partial charge in [0, 0.05) is 6.54 Å². The van der Waals surface area contributed by atoms with Crippen molar-refractivity contribution in [1.82, 2.24) is 25.1 Å². The number of carbonyl (C=O) groups is 1. The number of carbonyl (C=O) groups excluding carboxylic acids is 1. The Kier molecular flexibility index (Phi) is 3.61. The minimum atomic E-state index is -0.452. The summed E-state index contributed by atoms with van der Waals surface area (Å²) in [6.45, 7) is 2.56. The summed E-state index contributed by atoms with van der Waals surface area (Å²) in [5, 5.41) is 6.59. The van der Waals surface area contributed by atoms with Crippen LogP contribution in [0.3, 0.4) is 0 Å². The van der Waals surface area contributed by atoms with Crippen molar-refractivity contribution in [2.45, 2.75) is 13.5 Å². The maximum atomic E-state index is 12.8. The van der Waals surface area contributed by atoms with Crippen molar-refractivity contribution in [2.24, 2.45) is 0 Å². The molecule has 0 saturated heterocycles. The highest BCUT2D eigenvalue weighted by Crippen LogP contribution is 2.06. The second-order valence-corrected chi connectivity index (χ2v) is 3.73. The van der Waals surface area contributed by atoms with Crippen LogP contribution >= 0.6 is 0 Å². The lowest BCUT2D eigenvalue weighted by Crippen LogP contribution is -2.28. The Morgan fingerprint density at radius 1 is 1.56 bits per heavy atom. The first-order valence-electron chi connectivity index (χ1n) is 5.39. The smallest absolute Gasteiger partial charge is 0.270 e. The van der Waals surface area contributed by atoms with Crippen molar-refractivity contribution in [2.75, 3.05) is 6.54 Å². The highest BCUT2D eigenvalue weighted by molar-refractivity contribution is 5.93. The molecule has 94 valence electrons. The predicted octanol–water partition coefficient (Wildman–Crippen LogP) is 0.551. The third-order valence-corrected chi connectivity index (χ3v) is 2.35. The summed E-state index contributed by atoms with van der Waals surface area (Å²) >= 11 is 0. The van der Waals surface area contributed by atoms with Gasteiger partial charge in [-0.3, -0.25) is 9.48 Å². The number of nitrogens with one attached hydrogen (secondary N) is 1. The SMILES string of the molecule is Cc1cc(F)cnc1C(=O)NCCn1cncn1. The van der Waals surface area contributed by atoms with Crippen LogP contribution in [0.25, 0.3) is 0 Å². The van der Waals surface area contributed by atoms with Gasteiger partial charge in [-0.1, -0.05) is 0 Å². The fraction of sp³-hybridized carbons (Fsp3) is 0.273. The monoisotopic (exact) mass is 249 g/mol. The summed E-state index contributed by atoms with van der Waals surface area (Å²) in [6.07, 6.45) is 4.01. The van der Waals surface area contributed by atoms with Crippen LogP contribution in [0.1, 0.15) is 16.1 Å². The molecule has 2 aromatic rings. The van der Waals surface area contributed by atoms with E-state index in [1.165, 1.54) is 12.4 Å². The van der Waals surface area contributed by atoms with Crippen LogP contribution in [-0.4, -0.2) is 32.2 Å². The van der Waals surface area contributed by atoms with Gasteiger partial charge in [0.2, 0.25) is 0 Å². The highest BCUT2D eigenvalue weighted by Gasteiger charge is 2.10. The van der Waals surface area contributed by atoms with Crippen LogP contribution in [0.15, 0.2) is 24.9 Å². The van der Waals surface area contributed by atoms with Crippen molar-refractivity contribution >= 4 is 5.91 Å². The van der Waals surface area contributed by atoms with E-state index in [0.29, 0.717) is 18.7 Å². The number of pyridine rings is 1. The molecule has 2 heterocycles. The molecule has 0 unspecified atom stereocenters. The van der Waals surface area contributed by atoms with Gasteiger partial charge in [-0.25, -0.2) is 14.4 Å². The van der Waals surface area contributed by atoms with Crippen molar-refractivity contribution in [1.29, 1.82) is 0 Å². The maximum absolute atomic E-state index is 12.8. The van der Waals surface area contributed by atoms with Crippen molar-refractivity contribution in [3.63, 3.8) is 0 Å². The first-order chi connectivity index (χ1) is 8.66. The first kappa shape index (κ1) is 12.2. The summed E-state index contributed by atoms with van der Waals surface area (Å²) in [7, 11) is 0. The zero-order valence-corrected chi connectivity index (χ0v) is 9.80. The van der Waals surface area contributed by atoms with Crippen LogP contribution in [-0.2, 0) is 6.54 Å². The van der Waals surface area contributed by atoms with Crippen molar-refractivity contribution < 1.29 is 9.18 Å². The molecule has 1 amide bonds. The van der Waals surface area contributed by atoms with Gasteiger partial charge in [-0.2, -0.15) is 5.10 Å². The van der Waals surface area contributed by atoms with E-state index >= 15 is 0 Å². The van der Waals surface area contributed by atoms with Crippen LogP contribution in [0.4, 0.5) is 4.39 Å². The summed E-state index contributed by atoms with van der Waals surface area (Å²) in [6, 6.07) is 1.28. The number of aryl methyl sites for hydroxylation is 1. The molecule has 0 atom stereocenters. The molecule has 18 heavy (non-hydrogen) atoms. The number of halogens is 1. The van der Waals surface area contributed by atoms with E-state index in [9.17, 15) is 9.18 Å². The molecule has 7 heteroatoms. The summed E-state index contributed by atoms with van der Waals surface area (Å²) in [4.78, 5) is 19.3. The fourth-order valence-corrected chi connectivity index (χ4v) is 1.49. The second kappa shape index (κ2) is 5.35. The van der Waals surface area contributed by atoms with Gasteiger partial charge in [-0.15, -0.1) is 0 Å². The molecular weight excluding hydrogens is 237 g/mol. The Bertz CT molecular complexity index is 540. The zero-order valence-electron chi connectivity index (χ0n) is 9.80. The van der Waals surface area contributed by atoms with Crippen molar-refractivity contribution in [3.8, 4) is 0 Å². The number of aromatic nitrogens is 4. The van der Waals surface area contributed by atoms with E-state index in [-0.39, 0.29) is 11.6 Å². The minimum absolute atomic E-state index is 0.231. The quantitative estimate of drug-likeness (QED) is 0.858. The molecule has 6 nitrogen and oxygen atoms in total. The van der Waals surface area contributed by atoms with E-state index in [1.54, 1.807) is 17.9 Å². The van der Waals surface area contributed by atoms with E-state index in [2.05, 4.69) is 20.4 Å². The average molecular weight is 249 g/mol. The fourth-order valence-electron chi connectivity index (χ4n) is 1.49. The van der Waals surface area contributed by atoms with Crippen LogP contribution in [0.5, 0.6) is 0 Å². The Labute approximate surface area is 103 Å². The maximum Gasteiger partial charge on any atom is 0.270 e. The highest BCUT2D eigenvalue weighted by atomic mass is 19.1. The number of rotatable bonds is 4. The minimum Gasteiger partial charge on any atom is -0.349 e. The molecule has 0 radical (unpaired) electrons. The molecule has 0 aliphatic heterocycles. The normalized spacial score (nSPS) is 10.3. The second-order valence-electron chi connectivity index (χ2n) is 3.73. The Morgan fingerprint density at radius 3 is 3.06 bits per heavy atom. The zero-order chi connectivity index (χ0) is 13.0. The van der Waals surface area contributed by atoms with Gasteiger partial charge in [0.15, 0.2) is 0 Å². The van der Waals surface area contributed by atoms with Gasteiger partial charge in [0.1, 0.15) is 24.2 Å². The lowest BCUT2D eigenvalue weighted by molar-refractivity contribution is 0.0946. The lowest BCUT2D eigenvalue weighted by Gasteiger charge is -2.06. The lowest BCUT2D eigenvalue weighted by atomic mass is 10.2. The molecule has 0 fully saturated rings. The van der Waals surface area contributed by atoms with Gasteiger partial charge < -0.3 is 5.32 Å². The molecule has 0 saturated carbocycles. The molecule has 1 N–H and O–H groups in total. The van der Waals surface area contributed by atoms with E-state index in [1.807, 2.05) is 0 Å². The van der Waals surface area contributed by atoms with Crippen LogP contribution in [0, 0.1) is 12.7 Å². The van der Waals surface area contributed by atoms with Gasteiger partial charge in [0.05, 0.1) is 12.7 Å².